The van der Waals surface area contributed by atoms with Gasteiger partial charge in [0.05, 0.1) is 4.92 Å². The number of hydrogen-bond donors (Lipinski definition) is 1. The first-order chi connectivity index (χ1) is 17.8. The number of para-hydroxylation sites is 1. The highest BCUT2D eigenvalue weighted by molar-refractivity contribution is 8.04. The molecule has 2 aliphatic heterocycles. The molecular formula is C24H25N3O8S2. The molecule has 4 atom stereocenters. The molecule has 1 N–H and O–H groups in total. The fraction of sp³-hybridized carbons (Fsp3) is 0.375. The lowest BCUT2D eigenvalue weighted by Crippen LogP contribution is -2.79. The molecule has 37 heavy (non-hydrogen) atoms. The number of carbonyl (C=O) groups excluding carboxylic acids is 3. The van der Waals surface area contributed by atoms with Gasteiger partial charge < -0.3 is 24.4 Å². The molecule has 2 fully saturated rings. The molecule has 2 aromatic rings. The number of ether oxygens (including phenoxy) is 3. The molecule has 2 saturated heterocycles. The number of thioether (sulfide) groups is 2. The van der Waals surface area contributed by atoms with Crippen LogP contribution in [0.5, 0.6) is 5.75 Å². The van der Waals surface area contributed by atoms with Gasteiger partial charge in [0.2, 0.25) is 5.91 Å². The van der Waals surface area contributed by atoms with E-state index >= 15 is 0 Å². The second kappa shape index (κ2) is 11.4. The van der Waals surface area contributed by atoms with Gasteiger partial charge in [0.15, 0.2) is 17.6 Å². The van der Waals surface area contributed by atoms with E-state index in [1.165, 1.54) is 59.8 Å². The van der Waals surface area contributed by atoms with E-state index < -0.39 is 45.1 Å². The highest BCUT2D eigenvalue weighted by atomic mass is 32.2. The topological polar surface area (TPSA) is 137 Å². The normalized spacial score (nSPS) is 24.4. The van der Waals surface area contributed by atoms with Gasteiger partial charge in [0.1, 0.15) is 23.8 Å². The third-order valence-electron chi connectivity index (χ3n) is 6.10. The molecule has 0 aliphatic carbocycles. The number of carbonyl (C=O) groups is 3. The van der Waals surface area contributed by atoms with Gasteiger partial charge in [-0.05, 0) is 36.1 Å². The largest absolute Gasteiger partial charge is 0.484 e. The number of nitrogens with one attached hydrogen (secondary N) is 1. The van der Waals surface area contributed by atoms with E-state index in [4.69, 9.17) is 14.2 Å². The number of hydrogen-bond acceptors (Lipinski definition) is 10. The van der Waals surface area contributed by atoms with Crippen LogP contribution in [0.1, 0.15) is 5.56 Å². The minimum atomic E-state index is -1.05. The number of nitro benzene ring substituents is 1. The first kappa shape index (κ1) is 26.8. The third kappa shape index (κ3) is 5.53. The molecule has 11 nitrogen and oxygen atoms in total. The molecule has 0 saturated carbocycles. The molecule has 0 bridgehead atoms. The molecule has 2 aromatic carbocycles. The first-order valence-corrected chi connectivity index (χ1v) is 13.5. The van der Waals surface area contributed by atoms with Crippen LogP contribution in [0.3, 0.4) is 0 Å². The SMILES string of the molecule is CO[C@]1(SC)CS[C@H]2[C@H](NC(=O)COc3ccccc3)C(=O)N2[C@H]1C(=O)OCc1ccc([N+](=O)[O-])cc1. The molecular weight excluding hydrogens is 522 g/mol. The Morgan fingerprint density at radius 2 is 1.92 bits per heavy atom. The Morgan fingerprint density at radius 3 is 2.54 bits per heavy atom. The second-order valence-corrected chi connectivity index (χ2v) is 10.5. The van der Waals surface area contributed by atoms with Crippen molar-refractivity contribution in [2.75, 3.05) is 25.7 Å². The highest BCUT2D eigenvalue weighted by Gasteiger charge is 2.63. The summed E-state index contributed by atoms with van der Waals surface area (Å²) >= 11 is 2.71. The number of rotatable bonds is 10. The first-order valence-electron chi connectivity index (χ1n) is 11.2. The van der Waals surface area contributed by atoms with Crippen molar-refractivity contribution in [2.24, 2.45) is 0 Å². The Balaban J connectivity index is 1.41. The van der Waals surface area contributed by atoms with Crippen LogP contribution < -0.4 is 10.1 Å². The fourth-order valence-electron chi connectivity index (χ4n) is 4.11. The van der Waals surface area contributed by atoms with E-state index in [9.17, 15) is 24.5 Å². The van der Waals surface area contributed by atoms with Crippen molar-refractivity contribution < 1.29 is 33.5 Å². The van der Waals surface area contributed by atoms with Gasteiger partial charge in [-0.25, -0.2) is 4.79 Å². The van der Waals surface area contributed by atoms with E-state index in [1.807, 2.05) is 6.07 Å². The van der Waals surface area contributed by atoms with Crippen LogP contribution in [-0.2, 0) is 30.5 Å². The zero-order valence-corrected chi connectivity index (χ0v) is 21.7. The summed E-state index contributed by atoms with van der Waals surface area (Å²) in [6.07, 6.45) is 1.78. The number of methoxy groups -OCH3 is 1. The summed E-state index contributed by atoms with van der Waals surface area (Å²) in [6, 6.07) is 12.6. The summed E-state index contributed by atoms with van der Waals surface area (Å²) in [5.74, 6) is -0.618. The van der Waals surface area contributed by atoms with Gasteiger partial charge in [-0.1, -0.05) is 18.2 Å². The van der Waals surface area contributed by atoms with Gasteiger partial charge in [0.25, 0.3) is 11.6 Å². The van der Waals surface area contributed by atoms with E-state index in [1.54, 1.807) is 30.5 Å². The Morgan fingerprint density at radius 1 is 1.22 bits per heavy atom. The second-order valence-electron chi connectivity index (χ2n) is 8.25. The minimum absolute atomic E-state index is 0.0727. The smallest absolute Gasteiger partial charge is 0.333 e. The predicted molar refractivity (Wildman–Crippen MR) is 137 cm³/mol. The average Bonchev–Trinajstić information content (AvgIpc) is 2.93. The maximum atomic E-state index is 13.3. The summed E-state index contributed by atoms with van der Waals surface area (Å²) in [5, 5.41) is 13.1. The van der Waals surface area contributed by atoms with Crippen LogP contribution in [0.15, 0.2) is 54.6 Å². The highest BCUT2D eigenvalue weighted by Crippen LogP contribution is 2.48. The van der Waals surface area contributed by atoms with Gasteiger partial charge in [-0.15, -0.1) is 23.5 Å². The van der Waals surface area contributed by atoms with E-state index in [-0.39, 0.29) is 18.9 Å². The lowest BCUT2D eigenvalue weighted by molar-refractivity contribution is -0.384. The van der Waals surface area contributed by atoms with Crippen molar-refractivity contribution >= 4 is 47.0 Å². The van der Waals surface area contributed by atoms with Gasteiger partial charge in [-0.2, -0.15) is 0 Å². The lowest BCUT2D eigenvalue weighted by atomic mass is 9.99. The number of amides is 2. The number of non-ortho nitro benzene ring substituents is 1. The molecule has 2 amide bonds. The van der Waals surface area contributed by atoms with Crippen LogP contribution >= 0.6 is 23.5 Å². The van der Waals surface area contributed by atoms with Crippen molar-refractivity contribution in [1.82, 2.24) is 10.2 Å². The Bertz CT molecular complexity index is 1160. The molecule has 0 unspecified atom stereocenters. The molecule has 4 rings (SSSR count). The van der Waals surface area contributed by atoms with E-state index in [0.29, 0.717) is 17.1 Å². The van der Waals surface area contributed by atoms with Crippen LogP contribution in [0, 0.1) is 10.1 Å². The maximum Gasteiger partial charge on any atom is 0.333 e. The summed E-state index contributed by atoms with van der Waals surface area (Å²) in [4.78, 5) is 49.5. The molecule has 2 heterocycles. The van der Waals surface area contributed by atoms with Crippen LogP contribution in [0.25, 0.3) is 0 Å². The van der Waals surface area contributed by atoms with Crippen LogP contribution in [0.4, 0.5) is 5.69 Å². The van der Waals surface area contributed by atoms with E-state index in [2.05, 4.69) is 5.32 Å². The zero-order valence-electron chi connectivity index (χ0n) is 20.0. The lowest BCUT2D eigenvalue weighted by Gasteiger charge is -2.57. The van der Waals surface area contributed by atoms with Gasteiger partial charge in [-0.3, -0.25) is 19.7 Å². The zero-order chi connectivity index (χ0) is 26.6. The molecule has 0 radical (unpaired) electrons. The third-order valence-corrected chi connectivity index (χ3v) is 8.95. The molecule has 0 aromatic heterocycles. The van der Waals surface area contributed by atoms with Gasteiger partial charge >= 0.3 is 5.97 Å². The molecule has 196 valence electrons. The molecule has 13 heteroatoms. The maximum absolute atomic E-state index is 13.3. The Labute approximate surface area is 221 Å². The van der Waals surface area contributed by atoms with Crippen LogP contribution in [-0.4, -0.2) is 75.7 Å². The molecule has 0 spiro atoms. The van der Waals surface area contributed by atoms with Crippen LogP contribution in [0.2, 0.25) is 0 Å². The number of benzene rings is 2. The summed E-state index contributed by atoms with van der Waals surface area (Å²) < 4.78 is 16.7. The number of fused-ring (bicyclic) bond motifs is 1. The number of esters is 1. The molecule has 2 aliphatic rings. The average molecular weight is 548 g/mol. The summed E-state index contributed by atoms with van der Waals surface area (Å²) in [7, 11) is 1.47. The summed E-state index contributed by atoms with van der Waals surface area (Å²) in [5.41, 5.74) is 0.489. The van der Waals surface area contributed by atoms with Crippen molar-refractivity contribution in [3.8, 4) is 5.75 Å². The monoisotopic (exact) mass is 547 g/mol. The van der Waals surface area contributed by atoms with Crippen molar-refractivity contribution in [3.05, 3.63) is 70.3 Å². The predicted octanol–water partition coefficient (Wildman–Crippen LogP) is 2.19. The van der Waals surface area contributed by atoms with Crippen molar-refractivity contribution in [2.45, 2.75) is 29.0 Å². The standard InChI is InChI=1S/C24H25N3O8S2/c1-33-24(36-2)14-37-22-19(25-18(28)13-34-17-6-4-3-5-7-17)21(29)26(22)20(24)23(30)35-12-15-8-10-16(11-9-15)27(31)32/h3-11,19-20,22H,12-14H2,1-2H3,(H,25,28)/t19-,20+,22+,24+/m1/s1. The van der Waals surface area contributed by atoms with E-state index in [0.717, 1.165) is 0 Å². The van der Waals surface area contributed by atoms with Gasteiger partial charge in [0, 0.05) is 25.0 Å². The Hall–Kier alpha value is -3.29. The summed E-state index contributed by atoms with van der Waals surface area (Å²) in [6.45, 7) is -0.378. The van der Waals surface area contributed by atoms with Crippen molar-refractivity contribution in [3.63, 3.8) is 0 Å². The number of nitrogens with zero attached hydrogens (tertiary/aromatic N) is 2. The fourth-order valence-corrected chi connectivity index (χ4v) is 6.83. The number of β-lactam (4-membered cyclic amide) rings is 1. The quantitative estimate of drug-likeness (QED) is 0.155. The van der Waals surface area contributed by atoms with Crippen molar-refractivity contribution in [1.29, 1.82) is 0 Å². The number of nitro groups is 1. The Kier molecular flexibility index (Phi) is 8.25. The minimum Gasteiger partial charge on any atom is -0.484 e.